The number of aliphatic hydroxyl groups excluding tert-OH is 1. The van der Waals surface area contributed by atoms with Crippen molar-refractivity contribution in [3.8, 4) is 11.5 Å². The first-order valence-electron chi connectivity index (χ1n) is 11.2. The van der Waals surface area contributed by atoms with Crippen LogP contribution < -0.4 is 20.3 Å². The molecule has 3 aromatic rings. The zero-order valence-electron chi connectivity index (χ0n) is 19.4. The Labute approximate surface area is 198 Å². The van der Waals surface area contributed by atoms with Gasteiger partial charge in [-0.3, -0.25) is 9.69 Å². The molecule has 10 heteroatoms. The Morgan fingerprint density at radius 3 is 2.50 bits per heavy atom. The summed E-state index contributed by atoms with van der Waals surface area (Å²) in [5, 5.41) is 15.0. The van der Waals surface area contributed by atoms with Gasteiger partial charge in [0.2, 0.25) is 11.9 Å². The second-order valence-electron chi connectivity index (χ2n) is 7.92. The Balaban J connectivity index is 1.40. The molecule has 0 atom stereocenters. The zero-order chi connectivity index (χ0) is 23.9. The molecule has 10 nitrogen and oxygen atoms in total. The van der Waals surface area contributed by atoms with Crippen molar-refractivity contribution in [2.45, 2.75) is 6.92 Å². The van der Waals surface area contributed by atoms with E-state index >= 15 is 0 Å². The van der Waals surface area contributed by atoms with Crippen LogP contribution in [0.1, 0.15) is 16.2 Å². The molecule has 0 saturated carbocycles. The minimum atomic E-state index is -0.163. The number of aromatic nitrogens is 3. The van der Waals surface area contributed by atoms with Gasteiger partial charge in [-0.25, -0.2) is 0 Å². The summed E-state index contributed by atoms with van der Waals surface area (Å²) < 4.78 is 5.89. The maximum atomic E-state index is 11.8. The quantitative estimate of drug-likeness (QED) is 0.462. The van der Waals surface area contributed by atoms with Crippen molar-refractivity contribution < 1.29 is 14.6 Å². The van der Waals surface area contributed by atoms with Crippen LogP contribution in [0.15, 0.2) is 48.5 Å². The second kappa shape index (κ2) is 10.9. The smallest absolute Gasteiger partial charge is 0.251 e. The first-order valence-corrected chi connectivity index (χ1v) is 11.2. The monoisotopic (exact) mass is 463 g/mol. The topological polar surface area (TPSA) is 116 Å². The first-order chi connectivity index (χ1) is 16.5. The molecule has 0 aliphatic carbocycles. The third-order valence-corrected chi connectivity index (χ3v) is 5.48. The van der Waals surface area contributed by atoms with E-state index in [4.69, 9.17) is 9.84 Å². The van der Waals surface area contributed by atoms with E-state index in [0.717, 1.165) is 31.9 Å². The number of carbonyl (C=O) groups excluding carboxylic acids is 1. The molecule has 2 heterocycles. The van der Waals surface area contributed by atoms with Crippen LogP contribution in [-0.4, -0.2) is 77.2 Å². The largest absolute Gasteiger partial charge is 0.457 e. The number of hydrogen-bond donors (Lipinski definition) is 3. The number of nitrogens with one attached hydrogen (secondary N) is 2. The number of nitrogens with zero attached hydrogens (tertiary/aromatic N) is 5. The van der Waals surface area contributed by atoms with Gasteiger partial charge < -0.3 is 25.4 Å². The van der Waals surface area contributed by atoms with Crippen LogP contribution in [-0.2, 0) is 0 Å². The number of hydrogen-bond acceptors (Lipinski definition) is 9. The number of anilines is 3. The lowest BCUT2D eigenvalue weighted by Gasteiger charge is -2.34. The van der Waals surface area contributed by atoms with E-state index in [-0.39, 0.29) is 12.5 Å². The highest BCUT2D eigenvalue weighted by Gasteiger charge is 2.19. The second-order valence-corrected chi connectivity index (χ2v) is 7.92. The van der Waals surface area contributed by atoms with E-state index in [1.807, 2.05) is 31.2 Å². The van der Waals surface area contributed by atoms with Crippen molar-refractivity contribution in [2.24, 2.45) is 0 Å². The summed E-state index contributed by atoms with van der Waals surface area (Å²) in [6, 6.07) is 14.5. The molecule has 0 unspecified atom stereocenters. The Kier molecular flexibility index (Phi) is 7.51. The maximum absolute atomic E-state index is 11.8. The third-order valence-electron chi connectivity index (χ3n) is 5.48. The number of amides is 1. The molecule has 1 aromatic heterocycles. The fourth-order valence-corrected chi connectivity index (χ4v) is 3.69. The molecule has 3 N–H and O–H groups in total. The molecule has 1 saturated heterocycles. The zero-order valence-corrected chi connectivity index (χ0v) is 19.4. The average molecular weight is 464 g/mol. The lowest BCUT2D eigenvalue weighted by molar-refractivity contribution is 0.0962. The van der Waals surface area contributed by atoms with Gasteiger partial charge in [-0.05, 0) is 49.4 Å². The average Bonchev–Trinajstić information content (AvgIpc) is 2.85. The Morgan fingerprint density at radius 1 is 1.03 bits per heavy atom. The fraction of sp³-hybridized carbons (Fsp3) is 0.333. The van der Waals surface area contributed by atoms with Gasteiger partial charge in [-0.15, -0.1) is 0 Å². The van der Waals surface area contributed by atoms with E-state index in [9.17, 15) is 4.79 Å². The molecule has 1 fully saturated rings. The SMILES string of the molecule is CNC(=O)c1cccc(Oc2ccc(Nc3nc(C)nc(N4CCN(CCO)CC4)n3)cc2)c1. The first kappa shape index (κ1) is 23.4. The number of piperazine rings is 1. The summed E-state index contributed by atoms with van der Waals surface area (Å²) in [4.78, 5) is 29.7. The number of β-amino-alcohol motifs (C(OH)–C–C–N with tert-alkyl or cyclic N) is 1. The predicted molar refractivity (Wildman–Crippen MR) is 130 cm³/mol. The predicted octanol–water partition coefficient (Wildman–Crippen LogP) is 2.19. The van der Waals surface area contributed by atoms with Gasteiger partial charge in [0.1, 0.15) is 17.3 Å². The summed E-state index contributed by atoms with van der Waals surface area (Å²) in [6.07, 6.45) is 0. The van der Waals surface area contributed by atoms with Crippen LogP contribution in [0.25, 0.3) is 0 Å². The molecule has 0 bridgehead atoms. The third kappa shape index (κ3) is 5.97. The summed E-state index contributed by atoms with van der Waals surface area (Å²) in [7, 11) is 1.59. The molecular weight excluding hydrogens is 434 g/mol. The van der Waals surface area contributed by atoms with Crippen molar-refractivity contribution >= 4 is 23.5 Å². The van der Waals surface area contributed by atoms with Gasteiger partial charge in [-0.1, -0.05) is 6.07 Å². The fourth-order valence-electron chi connectivity index (χ4n) is 3.69. The number of aliphatic hydroxyl groups is 1. The molecule has 0 radical (unpaired) electrons. The van der Waals surface area contributed by atoms with Gasteiger partial charge in [0, 0.05) is 51.0 Å². The Hall–Kier alpha value is -3.76. The van der Waals surface area contributed by atoms with E-state index < -0.39 is 0 Å². The van der Waals surface area contributed by atoms with Gasteiger partial charge >= 0.3 is 0 Å². The van der Waals surface area contributed by atoms with Crippen LogP contribution in [0.3, 0.4) is 0 Å². The minimum Gasteiger partial charge on any atom is -0.457 e. The van der Waals surface area contributed by atoms with Crippen LogP contribution in [0.2, 0.25) is 0 Å². The molecular formula is C24H29N7O3. The molecule has 4 rings (SSSR count). The number of ether oxygens (including phenoxy) is 1. The standard InChI is InChI=1S/C24H29N7O3/c1-17-26-23(29-24(27-17)31-12-10-30(11-13-31)14-15-32)28-19-6-8-20(9-7-19)34-21-5-3-4-18(16-21)22(33)25-2/h3-9,16,32H,10-15H2,1-2H3,(H,25,33)(H,26,27,28,29). The highest BCUT2D eigenvalue weighted by Crippen LogP contribution is 2.25. The highest BCUT2D eigenvalue weighted by atomic mass is 16.5. The van der Waals surface area contributed by atoms with Crippen molar-refractivity contribution in [3.63, 3.8) is 0 Å². The lowest BCUT2D eigenvalue weighted by Crippen LogP contribution is -2.47. The molecule has 34 heavy (non-hydrogen) atoms. The van der Waals surface area contributed by atoms with Crippen molar-refractivity contribution in [1.82, 2.24) is 25.2 Å². The number of rotatable bonds is 8. The van der Waals surface area contributed by atoms with Crippen LogP contribution >= 0.6 is 0 Å². The normalized spacial score (nSPS) is 14.0. The number of benzene rings is 2. The Morgan fingerprint density at radius 2 is 1.79 bits per heavy atom. The summed E-state index contributed by atoms with van der Waals surface area (Å²) in [5.74, 6) is 2.83. The van der Waals surface area contributed by atoms with Crippen molar-refractivity contribution in [1.29, 1.82) is 0 Å². The summed E-state index contributed by atoms with van der Waals surface area (Å²) >= 11 is 0. The van der Waals surface area contributed by atoms with Gasteiger partial charge in [0.05, 0.1) is 6.61 Å². The molecule has 1 aliphatic heterocycles. The minimum absolute atomic E-state index is 0.163. The van der Waals surface area contributed by atoms with Crippen molar-refractivity contribution in [2.75, 3.05) is 56.6 Å². The molecule has 1 aliphatic rings. The van der Waals surface area contributed by atoms with E-state index in [1.54, 1.807) is 31.3 Å². The number of aryl methyl sites for hydroxylation is 1. The molecule has 2 aromatic carbocycles. The highest BCUT2D eigenvalue weighted by molar-refractivity contribution is 5.94. The molecule has 0 spiro atoms. The molecule has 1 amide bonds. The summed E-state index contributed by atoms with van der Waals surface area (Å²) in [6.45, 7) is 6.04. The lowest BCUT2D eigenvalue weighted by atomic mass is 10.2. The van der Waals surface area contributed by atoms with E-state index in [0.29, 0.717) is 41.3 Å². The van der Waals surface area contributed by atoms with Crippen molar-refractivity contribution in [3.05, 3.63) is 59.9 Å². The van der Waals surface area contributed by atoms with Gasteiger partial charge in [-0.2, -0.15) is 15.0 Å². The number of carbonyl (C=O) groups is 1. The Bertz CT molecular complexity index is 1120. The summed E-state index contributed by atoms with van der Waals surface area (Å²) in [5.41, 5.74) is 1.35. The molecule has 178 valence electrons. The van der Waals surface area contributed by atoms with E-state index in [1.165, 1.54) is 0 Å². The maximum Gasteiger partial charge on any atom is 0.251 e. The van der Waals surface area contributed by atoms with Crippen LogP contribution in [0.4, 0.5) is 17.6 Å². The van der Waals surface area contributed by atoms with Gasteiger partial charge in [0.25, 0.3) is 5.91 Å². The van der Waals surface area contributed by atoms with Crippen LogP contribution in [0.5, 0.6) is 11.5 Å². The van der Waals surface area contributed by atoms with E-state index in [2.05, 4.69) is 35.4 Å². The van der Waals surface area contributed by atoms with Crippen LogP contribution in [0, 0.1) is 6.92 Å². The van der Waals surface area contributed by atoms with Gasteiger partial charge in [0.15, 0.2) is 0 Å².